The fourth-order valence-electron chi connectivity index (χ4n) is 3.42. The number of nitrogens with one attached hydrogen (secondary N) is 1. The Bertz CT molecular complexity index is 930. The molecule has 1 heterocycles. The minimum Gasteiger partial charge on any atom is -0.375 e. The Hall–Kier alpha value is -3.03. The van der Waals surface area contributed by atoms with Gasteiger partial charge in [-0.05, 0) is 42.8 Å². The molecule has 5 nitrogen and oxygen atoms in total. The number of carbonyl (C=O) groups excluding carboxylic acids is 2. The Balaban J connectivity index is 1.64. The van der Waals surface area contributed by atoms with Gasteiger partial charge in [0.15, 0.2) is 0 Å². The summed E-state index contributed by atoms with van der Waals surface area (Å²) >= 11 is 0. The van der Waals surface area contributed by atoms with Crippen molar-refractivity contribution in [1.82, 2.24) is 4.90 Å². The SMILES string of the molecule is CCN(C)c1cccc(NC(=O)C2CC(=O)N(Cc3cccc(C(F)(F)F)c3)C2)c1. The molecule has 0 spiro atoms. The average molecular weight is 419 g/mol. The van der Waals surface area contributed by atoms with E-state index < -0.39 is 17.7 Å². The van der Waals surface area contributed by atoms with Gasteiger partial charge in [0.1, 0.15) is 0 Å². The van der Waals surface area contributed by atoms with E-state index >= 15 is 0 Å². The van der Waals surface area contributed by atoms with Gasteiger partial charge in [-0.25, -0.2) is 0 Å². The first-order valence-corrected chi connectivity index (χ1v) is 9.73. The molecule has 8 heteroatoms. The second kappa shape index (κ2) is 8.77. The molecule has 0 bridgehead atoms. The first kappa shape index (κ1) is 21.7. The van der Waals surface area contributed by atoms with Crippen LogP contribution in [-0.4, -0.2) is 36.9 Å². The van der Waals surface area contributed by atoms with Gasteiger partial charge < -0.3 is 15.1 Å². The molecule has 1 unspecified atom stereocenters. The first-order chi connectivity index (χ1) is 14.2. The third-order valence-corrected chi connectivity index (χ3v) is 5.24. The van der Waals surface area contributed by atoms with Crippen LogP contribution in [0.3, 0.4) is 0 Å². The lowest BCUT2D eigenvalue weighted by atomic mass is 10.1. The molecule has 1 aliphatic heterocycles. The second-order valence-corrected chi connectivity index (χ2v) is 7.43. The number of rotatable bonds is 6. The number of nitrogens with zero attached hydrogens (tertiary/aromatic N) is 2. The van der Waals surface area contributed by atoms with Crippen LogP contribution in [0.4, 0.5) is 24.5 Å². The van der Waals surface area contributed by atoms with Crippen molar-refractivity contribution in [2.45, 2.75) is 26.1 Å². The van der Waals surface area contributed by atoms with Crippen molar-refractivity contribution in [1.29, 1.82) is 0 Å². The Morgan fingerprint density at radius 3 is 2.63 bits per heavy atom. The summed E-state index contributed by atoms with van der Waals surface area (Å²) < 4.78 is 38.7. The molecule has 1 aliphatic rings. The van der Waals surface area contributed by atoms with E-state index in [1.165, 1.54) is 11.0 Å². The van der Waals surface area contributed by atoms with Crippen LogP contribution >= 0.6 is 0 Å². The highest BCUT2D eigenvalue weighted by Crippen LogP contribution is 2.30. The van der Waals surface area contributed by atoms with Gasteiger partial charge in [-0.15, -0.1) is 0 Å². The monoisotopic (exact) mass is 419 g/mol. The van der Waals surface area contributed by atoms with Crippen molar-refractivity contribution >= 4 is 23.2 Å². The summed E-state index contributed by atoms with van der Waals surface area (Å²) in [6, 6.07) is 12.3. The van der Waals surface area contributed by atoms with E-state index in [9.17, 15) is 22.8 Å². The highest BCUT2D eigenvalue weighted by atomic mass is 19.4. The number of hydrogen-bond acceptors (Lipinski definition) is 3. The predicted octanol–water partition coefficient (Wildman–Crippen LogP) is 4.15. The summed E-state index contributed by atoms with van der Waals surface area (Å²) in [5.41, 5.74) is 1.23. The molecule has 0 radical (unpaired) electrons. The summed E-state index contributed by atoms with van der Waals surface area (Å²) in [5.74, 6) is -1.06. The van der Waals surface area contributed by atoms with Gasteiger partial charge in [0.05, 0.1) is 11.5 Å². The largest absolute Gasteiger partial charge is 0.416 e. The van der Waals surface area contributed by atoms with Crippen LogP contribution in [0, 0.1) is 5.92 Å². The van der Waals surface area contributed by atoms with Crippen LogP contribution in [0.25, 0.3) is 0 Å². The molecule has 2 aromatic carbocycles. The lowest BCUT2D eigenvalue weighted by Gasteiger charge is -2.19. The number of benzene rings is 2. The van der Waals surface area contributed by atoms with Gasteiger partial charge in [-0.2, -0.15) is 13.2 Å². The van der Waals surface area contributed by atoms with Gasteiger partial charge in [-0.1, -0.05) is 18.2 Å². The zero-order valence-electron chi connectivity index (χ0n) is 16.9. The Kier molecular flexibility index (Phi) is 6.34. The lowest BCUT2D eigenvalue weighted by Crippen LogP contribution is -2.28. The number of hydrogen-bond donors (Lipinski definition) is 1. The van der Waals surface area contributed by atoms with Gasteiger partial charge in [0.2, 0.25) is 11.8 Å². The van der Waals surface area contributed by atoms with Crippen molar-refractivity contribution in [2.24, 2.45) is 5.92 Å². The highest BCUT2D eigenvalue weighted by molar-refractivity contribution is 5.97. The van der Waals surface area contributed by atoms with Crippen LogP contribution in [0.15, 0.2) is 48.5 Å². The topological polar surface area (TPSA) is 52.7 Å². The van der Waals surface area contributed by atoms with Crippen LogP contribution in [0.1, 0.15) is 24.5 Å². The molecule has 2 amide bonds. The van der Waals surface area contributed by atoms with Crippen molar-refractivity contribution < 1.29 is 22.8 Å². The van der Waals surface area contributed by atoms with E-state index in [1.807, 2.05) is 37.1 Å². The zero-order chi connectivity index (χ0) is 21.9. The molecule has 1 atom stereocenters. The van der Waals surface area contributed by atoms with Gasteiger partial charge in [0, 0.05) is 44.5 Å². The van der Waals surface area contributed by atoms with Gasteiger partial charge in [0.25, 0.3) is 0 Å². The maximum absolute atomic E-state index is 12.9. The number of alkyl halides is 3. The van der Waals surface area contributed by atoms with E-state index in [2.05, 4.69) is 5.32 Å². The molecule has 0 aliphatic carbocycles. The number of anilines is 2. The number of halogens is 3. The van der Waals surface area contributed by atoms with E-state index in [0.29, 0.717) is 11.3 Å². The van der Waals surface area contributed by atoms with Crippen molar-refractivity contribution in [3.8, 4) is 0 Å². The molecule has 30 heavy (non-hydrogen) atoms. The third kappa shape index (κ3) is 5.11. The van der Waals surface area contributed by atoms with Crippen molar-refractivity contribution in [2.75, 3.05) is 30.4 Å². The standard InChI is InChI=1S/C22H24F3N3O2/c1-3-27(2)19-9-5-8-18(12-19)26-21(30)16-11-20(29)28(14-16)13-15-6-4-7-17(10-15)22(23,24)25/h4-10,12,16H,3,11,13-14H2,1-2H3,(H,26,30). The molecule has 2 aromatic rings. The maximum Gasteiger partial charge on any atom is 0.416 e. The zero-order valence-corrected chi connectivity index (χ0v) is 16.9. The normalized spacial score (nSPS) is 16.6. The molecule has 1 saturated heterocycles. The summed E-state index contributed by atoms with van der Waals surface area (Å²) in [4.78, 5) is 28.4. The molecular formula is C22H24F3N3O2. The van der Waals surface area contributed by atoms with Crippen LogP contribution < -0.4 is 10.2 Å². The minimum atomic E-state index is -4.44. The summed E-state index contributed by atoms with van der Waals surface area (Å²) in [5, 5.41) is 2.84. The summed E-state index contributed by atoms with van der Waals surface area (Å²) in [7, 11) is 1.95. The van der Waals surface area contributed by atoms with Crippen LogP contribution in [0.2, 0.25) is 0 Å². The third-order valence-electron chi connectivity index (χ3n) is 5.24. The second-order valence-electron chi connectivity index (χ2n) is 7.43. The average Bonchev–Trinajstić information content (AvgIpc) is 3.07. The smallest absolute Gasteiger partial charge is 0.375 e. The Labute approximate surface area is 173 Å². The quantitative estimate of drug-likeness (QED) is 0.766. The van der Waals surface area contributed by atoms with Gasteiger partial charge in [-0.3, -0.25) is 9.59 Å². The Morgan fingerprint density at radius 2 is 1.93 bits per heavy atom. The molecule has 160 valence electrons. The predicted molar refractivity (Wildman–Crippen MR) is 109 cm³/mol. The van der Waals surface area contributed by atoms with E-state index in [-0.39, 0.29) is 31.3 Å². The fraction of sp³-hybridized carbons (Fsp3) is 0.364. The Morgan fingerprint density at radius 1 is 1.20 bits per heavy atom. The highest BCUT2D eigenvalue weighted by Gasteiger charge is 2.35. The van der Waals surface area contributed by atoms with E-state index in [0.717, 1.165) is 24.4 Å². The number of amides is 2. The van der Waals surface area contributed by atoms with E-state index in [4.69, 9.17) is 0 Å². The van der Waals surface area contributed by atoms with Crippen LogP contribution in [-0.2, 0) is 22.3 Å². The van der Waals surface area contributed by atoms with Crippen molar-refractivity contribution in [3.63, 3.8) is 0 Å². The molecule has 0 saturated carbocycles. The number of likely N-dealkylation sites (tertiary alicyclic amines) is 1. The molecule has 3 rings (SSSR count). The first-order valence-electron chi connectivity index (χ1n) is 9.73. The van der Waals surface area contributed by atoms with Crippen molar-refractivity contribution in [3.05, 3.63) is 59.7 Å². The minimum absolute atomic E-state index is 0.0410. The molecule has 1 N–H and O–H groups in total. The molecule has 1 fully saturated rings. The van der Waals surface area contributed by atoms with E-state index in [1.54, 1.807) is 12.1 Å². The summed E-state index contributed by atoms with van der Waals surface area (Å²) in [6.45, 7) is 3.06. The van der Waals surface area contributed by atoms with Crippen LogP contribution in [0.5, 0.6) is 0 Å². The lowest BCUT2D eigenvalue weighted by molar-refractivity contribution is -0.137. The maximum atomic E-state index is 12.9. The summed E-state index contributed by atoms with van der Waals surface area (Å²) in [6.07, 6.45) is -4.40. The molecule has 0 aromatic heterocycles. The number of carbonyl (C=O) groups is 2. The van der Waals surface area contributed by atoms with Gasteiger partial charge >= 0.3 is 6.18 Å². The molecular weight excluding hydrogens is 395 g/mol. The fourth-order valence-corrected chi connectivity index (χ4v) is 3.42.